The Balaban J connectivity index is 1.71. The smallest absolute Gasteiger partial charge is 0.214 e. The molecule has 0 N–H and O–H groups in total. The minimum Gasteiger partial charge on any atom is -0.466 e. The first-order valence-electron chi connectivity index (χ1n) is 8.54. The summed E-state index contributed by atoms with van der Waals surface area (Å²) >= 11 is 0. The van der Waals surface area contributed by atoms with Crippen molar-refractivity contribution in [1.29, 1.82) is 0 Å². The molecule has 2 heterocycles. The molecule has 1 aliphatic heterocycles. The van der Waals surface area contributed by atoms with E-state index < -0.39 is 0 Å². The van der Waals surface area contributed by atoms with Gasteiger partial charge in [0.15, 0.2) is 0 Å². The molecule has 0 unspecified atom stereocenters. The minimum atomic E-state index is -0.288. The number of rotatable bonds is 3. The van der Waals surface area contributed by atoms with Crippen LogP contribution in [0, 0.1) is 0 Å². The Morgan fingerprint density at radius 1 is 0.875 bits per heavy atom. The van der Waals surface area contributed by atoms with Gasteiger partial charge in [-0.25, -0.2) is 4.98 Å². The second kappa shape index (κ2) is 6.25. The third kappa shape index (κ3) is 2.87. The monoisotopic (exact) mass is 318 g/mol. The number of piperidine rings is 1. The van der Waals surface area contributed by atoms with Crippen LogP contribution < -0.4 is 4.74 Å². The molecule has 1 saturated heterocycles. The number of nitrogens with zero attached hydrogens (tertiary/aromatic N) is 2. The zero-order chi connectivity index (χ0) is 16.4. The summed E-state index contributed by atoms with van der Waals surface area (Å²) in [6, 6.07) is 22.8. The van der Waals surface area contributed by atoms with E-state index in [0.717, 1.165) is 36.8 Å². The molecule has 0 aliphatic carbocycles. The van der Waals surface area contributed by atoms with Crippen LogP contribution in [0.3, 0.4) is 0 Å². The first-order valence-corrected chi connectivity index (χ1v) is 8.54. The van der Waals surface area contributed by atoms with Crippen molar-refractivity contribution in [3.8, 4) is 5.88 Å². The summed E-state index contributed by atoms with van der Waals surface area (Å²) in [5.41, 5.74) is 1.93. The Kier molecular flexibility index (Phi) is 3.95. The average molecular weight is 318 g/mol. The fourth-order valence-electron chi connectivity index (χ4n) is 3.48. The van der Waals surface area contributed by atoms with Gasteiger partial charge in [-0.2, -0.15) is 0 Å². The zero-order valence-corrected chi connectivity index (χ0v) is 14.0. The summed E-state index contributed by atoms with van der Waals surface area (Å²) in [4.78, 5) is 7.08. The van der Waals surface area contributed by atoms with Crippen LogP contribution in [0.25, 0.3) is 10.9 Å². The Labute approximate surface area is 142 Å². The maximum Gasteiger partial charge on any atom is 0.214 e. The van der Waals surface area contributed by atoms with Gasteiger partial charge in [0.25, 0.3) is 0 Å². The lowest BCUT2D eigenvalue weighted by Crippen LogP contribution is -2.44. The van der Waals surface area contributed by atoms with E-state index in [1.165, 1.54) is 5.56 Å². The number of hydrogen-bond donors (Lipinski definition) is 0. The fourth-order valence-corrected chi connectivity index (χ4v) is 3.48. The van der Waals surface area contributed by atoms with Gasteiger partial charge in [-0.15, -0.1) is 0 Å². The lowest BCUT2D eigenvalue weighted by atomic mass is 9.84. The molecule has 2 aromatic carbocycles. The Morgan fingerprint density at radius 2 is 1.58 bits per heavy atom. The first kappa shape index (κ1) is 15.2. The highest BCUT2D eigenvalue weighted by Crippen LogP contribution is 2.37. The van der Waals surface area contributed by atoms with Crippen molar-refractivity contribution in [2.24, 2.45) is 0 Å². The van der Waals surface area contributed by atoms with Crippen molar-refractivity contribution in [3.63, 3.8) is 0 Å². The molecule has 1 aliphatic rings. The van der Waals surface area contributed by atoms with Crippen molar-refractivity contribution in [2.75, 3.05) is 20.1 Å². The van der Waals surface area contributed by atoms with Gasteiger partial charge < -0.3 is 9.64 Å². The van der Waals surface area contributed by atoms with Crippen molar-refractivity contribution in [3.05, 3.63) is 72.3 Å². The second-order valence-corrected chi connectivity index (χ2v) is 6.61. The third-order valence-electron chi connectivity index (χ3n) is 4.97. The number of aromatic nitrogens is 1. The number of pyridine rings is 1. The van der Waals surface area contributed by atoms with E-state index in [1.54, 1.807) is 0 Å². The molecule has 0 amide bonds. The van der Waals surface area contributed by atoms with Gasteiger partial charge in [-0.05, 0) is 24.7 Å². The normalized spacial score (nSPS) is 17.7. The summed E-state index contributed by atoms with van der Waals surface area (Å²) < 4.78 is 6.55. The maximum atomic E-state index is 6.55. The van der Waals surface area contributed by atoms with Crippen LogP contribution >= 0.6 is 0 Å². The highest BCUT2D eigenvalue weighted by atomic mass is 16.5. The molecule has 3 nitrogen and oxygen atoms in total. The maximum absolute atomic E-state index is 6.55. The predicted molar refractivity (Wildman–Crippen MR) is 97.2 cm³/mol. The van der Waals surface area contributed by atoms with Crippen LogP contribution in [0.2, 0.25) is 0 Å². The van der Waals surface area contributed by atoms with Gasteiger partial charge in [-0.3, -0.25) is 0 Å². The largest absolute Gasteiger partial charge is 0.466 e. The number of ether oxygens (including phenoxy) is 1. The van der Waals surface area contributed by atoms with E-state index in [-0.39, 0.29) is 5.60 Å². The standard InChI is InChI=1S/C21H22N2O/c1-23-15-13-21(14-16-23,18-8-3-2-4-9-18)24-20-12-11-17-7-5-6-10-19(17)22-20/h2-12H,13-16H2,1H3. The van der Waals surface area contributed by atoms with Crippen LogP contribution in [0.4, 0.5) is 0 Å². The number of fused-ring (bicyclic) bond motifs is 1. The molecule has 0 atom stereocenters. The molecule has 4 rings (SSSR count). The van der Waals surface area contributed by atoms with Crippen LogP contribution in [-0.2, 0) is 5.60 Å². The van der Waals surface area contributed by atoms with Crippen molar-refractivity contribution in [1.82, 2.24) is 9.88 Å². The quantitative estimate of drug-likeness (QED) is 0.722. The lowest BCUT2D eigenvalue weighted by Gasteiger charge is -2.40. The number of para-hydroxylation sites is 1. The van der Waals surface area contributed by atoms with Gasteiger partial charge in [0.1, 0.15) is 5.60 Å². The van der Waals surface area contributed by atoms with E-state index in [0.29, 0.717) is 5.88 Å². The summed E-state index contributed by atoms with van der Waals surface area (Å²) in [7, 11) is 2.17. The van der Waals surface area contributed by atoms with E-state index in [2.05, 4.69) is 54.4 Å². The van der Waals surface area contributed by atoms with Crippen LogP contribution in [0.5, 0.6) is 5.88 Å². The van der Waals surface area contributed by atoms with Crippen LogP contribution in [0.1, 0.15) is 18.4 Å². The first-order chi connectivity index (χ1) is 11.8. The zero-order valence-electron chi connectivity index (χ0n) is 14.0. The van der Waals surface area contributed by atoms with E-state index in [1.807, 2.05) is 24.3 Å². The predicted octanol–water partition coefficient (Wildman–Crippen LogP) is 4.23. The van der Waals surface area contributed by atoms with Gasteiger partial charge in [0.2, 0.25) is 5.88 Å². The van der Waals surface area contributed by atoms with E-state index in [9.17, 15) is 0 Å². The molecular weight excluding hydrogens is 296 g/mol. The van der Waals surface area contributed by atoms with Gasteiger partial charge >= 0.3 is 0 Å². The van der Waals surface area contributed by atoms with Gasteiger partial charge in [0, 0.05) is 37.4 Å². The van der Waals surface area contributed by atoms with Crippen molar-refractivity contribution in [2.45, 2.75) is 18.4 Å². The molecule has 1 aromatic heterocycles. The minimum absolute atomic E-state index is 0.288. The van der Waals surface area contributed by atoms with Crippen LogP contribution in [0.15, 0.2) is 66.7 Å². The summed E-state index contributed by atoms with van der Waals surface area (Å²) in [6.07, 6.45) is 1.95. The molecule has 0 spiro atoms. The average Bonchev–Trinajstić information content (AvgIpc) is 2.64. The Morgan fingerprint density at radius 3 is 2.38 bits per heavy atom. The summed E-state index contributed by atoms with van der Waals surface area (Å²) in [5.74, 6) is 0.710. The lowest BCUT2D eigenvalue weighted by molar-refractivity contribution is 0.000366. The fraction of sp³-hybridized carbons (Fsp3) is 0.286. The molecule has 24 heavy (non-hydrogen) atoms. The van der Waals surface area contributed by atoms with E-state index >= 15 is 0 Å². The Bertz CT molecular complexity index is 823. The molecule has 0 bridgehead atoms. The molecule has 122 valence electrons. The molecule has 3 heteroatoms. The van der Waals surface area contributed by atoms with Crippen molar-refractivity contribution < 1.29 is 4.74 Å². The molecular formula is C21H22N2O. The highest BCUT2D eigenvalue weighted by molar-refractivity contribution is 5.78. The Hall–Kier alpha value is -2.39. The molecule has 0 radical (unpaired) electrons. The number of hydrogen-bond acceptors (Lipinski definition) is 3. The van der Waals surface area contributed by atoms with Gasteiger partial charge in [0.05, 0.1) is 5.52 Å². The SMILES string of the molecule is CN1CCC(Oc2ccc3ccccc3n2)(c2ccccc2)CC1. The van der Waals surface area contributed by atoms with Crippen LogP contribution in [-0.4, -0.2) is 30.0 Å². The summed E-state index contributed by atoms with van der Waals surface area (Å²) in [6.45, 7) is 2.06. The second-order valence-electron chi connectivity index (χ2n) is 6.61. The van der Waals surface area contributed by atoms with Crippen molar-refractivity contribution >= 4 is 10.9 Å². The number of benzene rings is 2. The highest BCUT2D eigenvalue weighted by Gasteiger charge is 2.38. The van der Waals surface area contributed by atoms with E-state index in [4.69, 9.17) is 9.72 Å². The molecule has 0 saturated carbocycles. The molecule has 3 aromatic rings. The topological polar surface area (TPSA) is 25.4 Å². The number of likely N-dealkylation sites (tertiary alicyclic amines) is 1. The third-order valence-corrected chi connectivity index (χ3v) is 4.97. The summed E-state index contributed by atoms with van der Waals surface area (Å²) in [5, 5.41) is 1.14. The van der Waals surface area contributed by atoms with Gasteiger partial charge in [-0.1, -0.05) is 48.5 Å². The molecule has 1 fully saturated rings.